The molecule has 0 radical (unpaired) electrons. The Morgan fingerprint density at radius 1 is 1.14 bits per heavy atom. The Morgan fingerprint density at radius 2 is 1.81 bits per heavy atom. The van der Waals surface area contributed by atoms with Crippen molar-refractivity contribution in [3.63, 3.8) is 0 Å². The number of amides is 1. The predicted octanol–water partition coefficient (Wildman–Crippen LogP) is 4.09. The van der Waals surface area contributed by atoms with Crippen molar-refractivity contribution in [1.82, 2.24) is 4.98 Å². The molecular weight excluding hydrogens is 264 g/mol. The number of aromatic nitrogens is 1. The standard InChI is InChI=1S/C17H20N2O2/c1-11(2)17(20)19-14-8-9-15(18-10-14)21-16-12(3)6-5-7-13(16)4/h5-11H,1-4H3,(H,19,20). The maximum atomic E-state index is 11.6. The van der Waals surface area contributed by atoms with Crippen molar-refractivity contribution in [1.29, 1.82) is 0 Å². The minimum Gasteiger partial charge on any atom is -0.438 e. The molecule has 0 fully saturated rings. The highest BCUT2D eigenvalue weighted by molar-refractivity contribution is 5.91. The average Bonchev–Trinajstić information content (AvgIpc) is 2.44. The first-order chi connectivity index (χ1) is 9.97. The number of carbonyl (C=O) groups excluding carboxylic acids is 1. The van der Waals surface area contributed by atoms with Crippen LogP contribution < -0.4 is 10.1 Å². The smallest absolute Gasteiger partial charge is 0.226 e. The Balaban J connectivity index is 2.11. The highest BCUT2D eigenvalue weighted by atomic mass is 16.5. The number of ether oxygens (including phenoxy) is 1. The van der Waals surface area contributed by atoms with Crippen molar-refractivity contribution in [3.05, 3.63) is 47.7 Å². The Hall–Kier alpha value is -2.36. The second-order valence-electron chi connectivity index (χ2n) is 5.35. The topological polar surface area (TPSA) is 51.2 Å². The summed E-state index contributed by atoms with van der Waals surface area (Å²) in [5.41, 5.74) is 2.80. The summed E-state index contributed by atoms with van der Waals surface area (Å²) in [6, 6.07) is 9.53. The number of benzene rings is 1. The molecule has 110 valence electrons. The van der Waals surface area contributed by atoms with Crippen LogP contribution in [0.5, 0.6) is 11.6 Å². The van der Waals surface area contributed by atoms with Crippen molar-refractivity contribution in [3.8, 4) is 11.6 Å². The number of pyridine rings is 1. The third kappa shape index (κ3) is 3.81. The first-order valence-corrected chi connectivity index (χ1v) is 6.98. The van der Waals surface area contributed by atoms with Crippen LogP contribution in [0, 0.1) is 19.8 Å². The number of nitrogens with zero attached hydrogens (tertiary/aromatic N) is 1. The van der Waals surface area contributed by atoms with Crippen LogP contribution in [-0.4, -0.2) is 10.9 Å². The molecule has 2 aromatic rings. The third-order valence-corrected chi connectivity index (χ3v) is 3.14. The number of para-hydroxylation sites is 1. The molecule has 0 aliphatic rings. The molecule has 0 unspecified atom stereocenters. The van der Waals surface area contributed by atoms with Gasteiger partial charge in [0, 0.05) is 12.0 Å². The van der Waals surface area contributed by atoms with Gasteiger partial charge >= 0.3 is 0 Å². The largest absolute Gasteiger partial charge is 0.438 e. The number of nitrogens with one attached hydrogen (secondary N) is 1. The maximum absolute atomic E-state index is 11.6. The van der Waals surface area contributed by atoms with Crippen LogP contribution in [0.3, 0.4) is 0 Å². The summed E-state index contributed by atoms with van der Waals surface area (Å²) in [6.07, 6.45) is 1.60. The summed E-state index contributed by atoms with van der Waals surface area (Å²) in [7, 11) is 0. The molecule has 4 nitrogen and oxygen atoms in total. The summed E-state index contributed by atoms with van der Waals surface area (Å²) in [4.78, 5) is 15.8. The Labute approximate surface area is 125 Å². The van der Waals surface area contributed by atoms with Crippen molar-refractivity contribution >= 4 is 11.6 Å². The van der Waals surface area contributed by atoms with Gasteiger partial charge in [-0.2, -0.15) is 0 Å². The molecule has 1 aromatic heterocycles. The van der Waals surface area contributed by atoms with E-state index in [0.717, 1.165) is 16.9 Å². The van der Waals surface area contributed by atoms with E-state index in [-0.39, 0.29) is 11.8 Å². The quantitative estimate of drug-likeness (QED) is 0.920. The number of hydrogen-bond acceptors (Lipinski definition) is 3. The Morgan fingerprint density at radius 3 is 2.33 bits per heavy atom. The highest BCUT2D eigenvalue weighted by Crippen LogP contribution is 2.27. The van der Waals surface area contributed by atoms with Gasteiger partial charge in [0.05, 0.1) is 11.9 Å². The van der Waals surface area contributed by atoms with Gasteiger partial charge in [-0.25, -0.2) is 4.98 Å². The van der Waals surface area contributed by atoms with Crippen LogP contribution in [-0.2, 0) is 4.79 Å². The number of rotatable bonds is 4. The van der Waals surface area contributed by atoms with E-state index in [9.17, 15) is 4.79 Å². The lowest BCUT2D eigenvalue weighted by molar-refractivity contribution is -0.118. The molecule has 0 spiro atoms. The summed E-state index contributed by atoms with van der Waals surface area (Å²) in [6.45, 7) is 7.70. The molecule has 0 aliphatic heterocycles. The van der Waals surface area contributed by atoms with Crippen molar-refractivity contribution in [2.75, 3.05) is 5.32 Å². The van der Waals surface area contributed by atoms with Crippen LogP contribution in [0.2, 0.25) is 0 Å². The predicted molar refractivity (Wildman–Crippen MR) is 83.7 cm³/mol. The van der Waals surface area contributed by atoms with Gasteiger partial charge in [0.1, 0.15) is 5.75 Å². The number of anilines is 1. The second kappa shape index (κ2) is 6.39. The molecule has 0 atom stereocenters. The monoisotopic (exact) mass is 284 g/mol. The van der Waals surface area contributed by atoms with Crippen LogP contribution in [0.1, 0.15) is 25.0 Å². The van der Waals surface area contributed by atoms with E-state index in [1.54, 1.807) is 18.3 Å². The van der Waals surface area contributed by atoms with Gasteiger partial charge in [-0.15, -0.1) is 0 Å². The van der Waals surface area contributed by atoms with Crippen molar-refractivity contribution in [2.24, 2.45) is 5.92 Å². The van der Waals surface area contributed by atoms with E-state index in [0.29, 0.717) is 11.6 Å². The molecule has 1 N–H and O–H groups in total. The summed E-state index contributed by atoms with van der Waals surface area (Å²) >= 11 is 0. The summed E-state index contributed by atoms with van der Waals surface area (Å²) < 4.78 is 5.82. The van der Waals surface area contributed by atoms with E-state index in [1.807, 2.05) is 45.9 Å². The molecule has 0 saturated heterocycles. The maximum Gasteiger partial charge on any atom is 0.226 e. The lowest BCUT2D eigenvalue weighted by atomic mass is 10.1. The first-order valence-electron chi connectivity index (χ1n) is 6.98. The fourth-order valence-corrected chi connectivity index (χ4v) is 1.87. The molecule has 0 aliphatic carbocycles. The lowest BCUT2D eigenvalue weighted by Gasteiger charge is -2.11. The third-order valence-electron chi connectivity index (χ3n) is 3.14. The van der Waals surface area contributed by atoms with Gasteiger partial charge in [-0.1, -0.05) is 32.0 Å². The zero-order valence-electron chi connectivity index (χ0n) is 12.8. The fourth-order valence-electron chi connectivity index (χ4n) is 1.87. The Bertz CT molecular complexity index is 613. The van der Waals surface area contributed by atoms with Gasteiger partial charge in [0.15, 0.2) is 0 Å². The van der Waals surface area contributed by atoms with Gasteiger partial charge in [-0.05, 0) is 31.0 Å². The van der Waals surface area contributed by atoms with E-state index in [4.69, 9.17) is 4.74 Å². The first kappa shape index (κ1) is 15.0. The van der Waals surface area contributed by atoms with Crippen LogP contribution in [0.25, 0.3) is 0 Å². The van der Waals surface area contributed by atoms with Crippen LogP contribution >= 0.6 is 0 Å². The molecule has 0 saturated carbocycles. The van der Waals surface area contributed by atoms with Gasteiger partial charge in [0.25, 0.3) is 0 Å². The zero-order chi connectivity index (χ0) is 15.4. The minimum atomic E-state index is -0.0597. The summed E-state index contributed by atoms with van der Waals surface area (Å²) in [5, 5.41) is 2.80. The number of aryl methyl sites for hydroxylation is 2. The van der Waals surface area contributed by atoms with E-state index in [1.165, 1.54) is 0 Å². The van der Waals surface area contributed by atoms with Crippen molar-refractivity contribution < 1.29 is 9.53 Å². The molecule has 1 aromatic carbocycles. The van der Waals surface area contributed by atoms with Crippen LogP contribution in [0.15, 0.2) is 36.5 Å². The van der Waals surface area contributed by atoms with Gasteiger partial charge in [0.2, 0.25) is 11.8 Å². The zero-order valence-corrected chi connectivity index (χ0v) is 12.8. The van der Waals surface area contributed by atoms with Gasteiger partial charge in [-0.3, -0.25) is 4.79 Å². The van der Waals surface area contributed by atoms with Crippen LogP contribution in [0.4, 0.5) is 5.69 Å². The molecule has 4 heteroatoms. The molecule has 1 amide bonds. The Kier molecular flexibility index (Phi) is 4.58. The SMILES string of the molecule is Cc1cccc(C)c1Oc1ccc(NC(=O)C(C)C)cn1. The van der Waals surface area contributed by atoms with E-state index < -0.39 is 0 Å². The minimum absolute atomic E-state index is 0.0276. The molecule has 0 bridgehead atoms. The second-order valence-corrected chi connectivity index (χ2v) is 5.35. The molecule has 1 heterocycles. The van der Waals surface area contributed by atoms with Gasteiger partial charge < -0.3 is 10.1 Å². The highest BCUT2D eigenvalue weighted by Gasteiger charge is 2.08. The number of hydrogen-bond donors (Lipinski definition) is 1. The van der Waals surface area contributed by atoms with E-state index >= 15 is 0 Å². The normalized spacial score (nSPS) is 10.5. The van der Waals surface area contributed by atoms with E-state index in [2.05, 4.69) is 10.3 Å². The molecule has 2 rings (SSSR count). The average molecular weight is 284 g/mol. The molecular formula is C17H20N2O2. The molecule has 21 heavy (non-hydrogen) atoms. The summed E-state index contributed by atoms with van der Waals surface area (Å²) in [5.74, 6) is 1.25. The lowest BCUT2D eigenvalue weighted by Crippen LogP contribution is -2.17. The van der Waals surface area contributed by atoms with Crippen molar-refractivity contribution in [2.45, 2.75) is 27.7 Å². The fraction of sp³-hybridized carbons (Fsp3) is 0.294. The number of carbonyl (C=O) groups is 1.